The van der Waals surface area contributed by atoms with Gasteiger partial charge in [0.15, 0.2) is 0 Å². The fourth-order valence-electron chi connectivity index (χ4n) is 3.60. The lowest BCUT2D eigenvalue weighted by molar-refractivity contribution is -0.962. The molecule has 2 atom stereocenters. The Balaban J connectivity index is 1.65. The Morgan fingerprint density at radius 1 is 1.10 bits per heavy atom. The van der Waals surface area contributed by atoms with Crippen LogP contribution >= 0.6 is 0 Å². The summed E-state index contributed by atoms with van der Waals surface area (Å²) in [6.45, 7) is 10.4. The second kappa shape index (κ2) is 8.89. The van der Waals surface area contributed by atoms with E-state index in [1.54, 1.807) is 7.11 Å². The average Bonchev–Trinajstić information content (AvgIpc) is 3.07. The number of ether oxygens (including phenoxy) is 2. The lowest BCUT2D eigenvalue weighted by atomic mass is 10.0. The van der Waals surface area contributed by atoms with Crippen LogP contribution in [0.1, 0.15) is 31.9 Å². The van der Waals surface area contributed by atoms with E-state index >= 15 is 0 Å². The first-order valence-electron chi connectivity index (χ1n) is 10.1. The molecular weight excluding hydrogens is 364 g/mol. The van der Waals surface area contributed by atoms with Crippen molar-refractivity contribution in [1.29, 1.82) is 0 Å². The molecule has 0 aliphatic heterocycles. The number of aryl methyl sites for hydroxylation is 1. The van der Waals surface area contributed by atoms with Crippen molar-refractivity contribution in [2.24, 2.45) is 0 Å². The third-order valence-electron chi connectivity index (χ3n) is 5.42. The van der Waals surface area contributed by atoms with Gasteiger partial charge in [-0.1, -0.05) is 6.07 Å². The molecule has 1 heterocycles. The summed E-state index contributed by atoms with van der Waals surface area (Å²) in [6, 6.07) is 14.1. The van der Waals surface area contributed by atoms with Gasteiger partial charge < -0.3 is 24.5 Å². The van der Waals surface area contributed by atoms with E-state index in [4.69, 9.17) is 9.47 Å². The Morgan fingerprint density at radius 3 is 2.48 bits per heavy atom. The molecule has 0 radical (unpaired) electrons. The van der Waals surface area contributed by atoms with Crippen LogP contribution in [0.5, 0.6) is 11.5 Å². The van der Waals surface area contributed by atoms with Crippen LogP contribution in [0.3, 0.4) is 0 Å². The van der Waals surface area contributed by atoms with Crippen molar-refractivity contribution in [2.75, 3.05) is 20.3 Å². The lowest BCUT2D eigenvalue weighted by Crippen LogP contribution is -3.18. The molecule has 0 aliphatic carbocycles. The molecular formula is C24H33N2O3+. The van der Waals surface area contributed by atoms with E-state index in [9.17, 15) is 5.11 Å². The highest BCUT2D eigenvalue weighted by molar-refractivity contribution is 5.89. The minimum absolute atomic E-state index is 0.00184. The van der Waals surface area contributed by atoms with Crippen LogP contribution in [0.2, 0.25) is 0 Å². The Morgan fingerprint density at radius 2 is 1.83 bits per heavy atom. The molecule has 5 nitrogen and oxygen atoms in total. The van der Waals surface area contributed by atoms with Gasteiger partial charge in [-0.15, -0.1) is 0 Å². The van der Waals surface area contributed by atoms with Gasteiger partial charge in [-0.25, -0.2) is 0 Å². The molecule has 0 saturated carbocycles. The normalized spacial score (nSPS) is 14.0. The fourth-order valence-corrected chi connectivity index (χ4v) is 3.60. The summed E-state index contributed by atoms with van der Waals surface area (Å²) in [7, 11) is 1.67. The molecule has 156 valence electrons. The van der Waals surface area contributed by atoms with Crippen molar-refractivity contribution >= 4 is 10.9 Å². The largest absolute Gasteiger partial charge is 0.497 e. The zero-order chi connectivity index (χ0) is 21.0. The number of aromatic amines is 1. The topological polar surface area (TPSA) is 58.9 Å². The maximum Gasteiger partial charge on any atom is 0.137 e. The maximum absolute atomic E-state index is 10.7. The average molecular weight is 398 g/mol. The monoisotopic (exact) mass is 397 g/mol. The number of rotatable bonds is 8. The molecule has 29 heavy (non-hydrogen) atoms. The molecule has 0 saturated heterocycles. The molecule has 0 aliphatic rings. The Hall–Kier alpha value is -2.50. The van der Waals surface area contributed by atoms with Crippen molar-refractivity contribution in [2.45, 2.75) is 45.9 Å². The van der Waals surface area contributed by atoms with Crippen LogP contribution < -0.4 is 14.4 Å². The number of hydrogen-bond donors (Lipinski definition) is 3. The van der Waals surface area contributed by atoms with E-state index in [0.29, 0.717) is 6.54 Å². The molecule has 0 spiro atoms. The Labute approximate surface area is 173 Å². The van der Waals surface area contributed by atoms with Crippen LogP contribution in [-0.4, -0.2) is 42.0 Å². The van der Waals surface area contributed by atoms with E-state index in [0.717, 1.165) is 34.5 Å². The summed E-state index contributed by atoms with van der Waals surface area (Å²) in [5.41, 5.74) is 3.41. The van der Waals surface area contributed by atoms with E-state index < -0.39 is 6.10 Å². The minimum Gasteiger partial charge on any atom is -0.497 e. The van der Waals surface area contributed by atoms with Gasteiger partial charge in [0, 0.05) is 22.7 Å². The zero-order valence-corrected chi connectivity index (χ0v) is 18.1. The molecule has 1 unspecified atom stereocenters. The number of fused-ring (bicyclic) bond motifs is 1. The van der Waals surface area contributed by atoms with Gasteiger partial charge >= 0.3 is 0 Å². The summed E-state index contributed by atoms with van der Waals surface area (Å²) in [5.74, 6) is 1.67. The second-order valence-corrected chi connectivity index (χ2v) is 8.70. The van der Waals surface area contributed by atoms with Gasteiger partial charge in [-0.2, -0.15) is 0 Å². The molecule has 0 amide bonds. The van der Waals surface area contributed by atoms with Gasteiger partial charge in [0.25, 0.3) is 0 Å². The Bertz CT molecular complexity index is 925. The molecule has 3 N–H and O–H groups in total. The fraction of sp³-hybridized carbons (Fsp3) is 0.417. The number of quaternary nitrogens is 1. The highest BCUT2D eigenvalue weighted by Gasteiger charge is 2.28. The number of methoxy groups -OCH3 is 1. The third kappa shape index (κ3) is 5.31. The molecule has 2 aromatic carbocycles. The van der Waals surface area contributed by atoms with E-state index in [1.807, 2.05) is 36.5 Å². The number of aromatic nitrogens is 1. The molecule has 0 fully saturated rings. The van der Waals surface area contributed by atoms with Crippen molar-refractivity contribution in [3.8, 4) is 11.5 Å². The molecule has 1 aromatic heterocycles. The molecule has 5 heteroatoms. The van der Waals surface area contributed by atoms with Crippen molar-refractivity contribution in [3.05, 3.63) is 59.8 Å². The van der Waals surface area contributed by atoms with Crippen LogP contribution in [0.15, 0.2) is 48.7 Å². The number of benzene rings is 2. The van der Waals surface area contributed by atoms with Gasteiger partial charge in [-0.05, 0) is 69.7 Å². The summed E-state index contributed by atoms with van der Waals surface area (Å²) in [4.78, 5) is 4.55. The maximum atomic E-state index is 10.7. The lowest BCUT2D eigenvalue weighted by Gasteiger charge is -2.34. The highest BCUT2D eigenvalue weighted by Crippen LogP contribution is 2.28. The molecule has 0 bridgehead atoms. The summed E-state index contributed by atoms with van der Waals surface area (Å²) < 4.78 is 11.3. The summed E-state index contributed by atoms with van der Waals surface area (Å²) in [5, 5.41) is 11.8. The quantitative estimate of drug-likeness (QED) is 0.547. The first-order chi connectivity index (χ1) is 13.8. The zero-order valence-electron chi connectivity index (χ0n) is 18.1. The predicted molar refractivity (Wildman–Crippen MR) is 117 cm³/mol. The van der Waals surface area contributed by atoms with Crippen LogP contribution in [0, 0.1) is 6.92 Å². The first kappa shape index (κ1) is 21.2. The smallest absolute Gasteiger partial charge is 0.137 e. The van der Waals surface area contributed by atoms with Crippen molar-refractivity contribution in [3.63, 3.8) is 0 Å². The number of H-pyrrole nitrogens is 1. The molecule has 3 aromatic rings. The van der Waals surface area contributed by atoms with Crippen LogP contribution in [-0.2, 0) is 6.54 Å². The van der Waals surface area contributed by atoms with E-state index in [1.165, 1.54) is 10.5 Å². The second-order valence-electron chi connectivity index (χ2n) is 8.70. The third-order valence-corrected chi connectivity index (χ3v) is 5.42. The predicted octanol–water partition coefficient (Wildman–Crippen LogP) is 3.11. The number of nitrogens with one attached hydrogen (secondary N) is 2. The van der Waals surface area contributed by atoms with Crippen molar-refractivity contribution in [1.82, 2.24) is 4.98 Å². The highest BCUT2D eigenvalue weighted by atomic mass is 16.5. The Kier molecular flexibility index (Phi) is 6.50. The van der Waals surface area contributed by atoms with E-state index in [2.05, 4.69) is 44.8 Å². The van der Waals surface area contributed by atoms with Crippen molar-refractivity contribution < 1.29 is 19.5 Å². The van der Waals surface area contributed by atoms with Gasteiger partial charge in [0.05, 0.1) is 12.6 Å². The van der Waals surface area contributed by atoms with E-state index in [-0.39, 0.29) is 12.1 Å². The van der Waals surface area contributed by atoms with Gasteiger partial charge in [0.2, 0.25) is 0 Å². The summed E-state index contributed by atoms with van der Waals surface area (Å²) in [6.07, 6.45) is 1.42. The SMILES string of the molecule is COc1ccc(C[NH+](C[C@@H](O)COc2cccc3[nH]cc(C)c23)C(C)(C)C)cc1. The first-order valence-corrected chi connectivity index (χ1v) is 10.1. The van der Waals surface area contributed by atoms with Crippen LogP contribution in [0.25, 0.3) is 10.9 Å². The number of aliphatic hydroxyl groups excluding tert-OH is 1. The van der Waals surface area contributed by atoms with Gasteiger partial charge in [0.1, 0.15) is 37.3 Å². The minimum atomic E-state index is -0.558. The van der Waals surface area contributed by atoms with Gasteiger partial charge in [-0.3, -0.25) is 0 Å². The summed E-state index contributed by atoms with van der Waals surface area (Å²) >= 11 is 0. The molecule has 3 rings (SSSR count). The number of hydrogen-bond acceptors (Lipinski definition) is 3. The number of aliphatic hydroxyl groups is 1. The standard InChI is InChI=1S/C24H32N2O3/c1-17-13-25-21-7-6-8-22(23(17)21)29-16-19(27)15-26(24(2,3)4)14-18-9-11-20(28-5)12-10-18/h6-13,19,25,27H,14-16H2,1-5H3/p+1/t19-/m1/s1. The van der Waals surface area contributed by atoms with Crippen LogP contribution in [0.4, 0.5) is 0 Å².